The van der Waals surface area contributed by atoms with Crippen molar-refractivity contribution in [2.24, 2.45) is 0 Å². The van der Waals surface area contributed by atoms with E-state index in [4.69, 9.17) is 4.42 Å². The average Bonchev–Trinajstić information content (AvgIpc) is 3.15. The first kappa shape index (κ1) is 17.7. The minimum atomic E-state index is -0.00327. The fraction of sp³-hybridized carbons (Fsp3) is 0.476. The fourth-order valence-corrected chi connectivity index (χ4v) is 3.33. The fourth-order valence-electron chi connectivity index (χ4n) is 3.33. The highest BCUT2D eigenvalue weighted by molar-refractivity contribution is 5.94. The predicted octanol–water partition coefficient (Wildman–Crippen LogP) is 4.02. The van der Waals surface area contributed by atoms with Gasteiger partial charge in [0.05, 0.1) is 6.26 Å². The molecule has 0 bridgehead atoms. The van der Waals surface area contributed by atoms with E-state index >= 15 is 0 Å². The molecule has 134 valence electrons. The summed E-state index contributed by atoms with van der Waals surface area (Å²) in [6.07, 6.45) is 7.35. The molecule has 25 heavy (non-hydrogen) atoms. The Morgan fingerprint density at radius 2 is 1.92 bits per heavy atom. The molecule has 1 aromatic heterocycles. The van der Waals surface area contributed by atoms with E-state index in [0.717, 1.165) is 30.7 Å². The lowest BCUT2D eigenvalue weighted by Gasteiger charge is -2.26. The van der Waals surface area contributed by atoms with E-state index in [1.165, 1.54) is 37.9 Å². The Morgan fingerprint density at radius 3 is 2.60 bits per heavy atom. The van der Waals surface area contributed by atoms with Gasteiger partial charge in [0.25, 0.3) is 5.91 Å². The van der Waals surface area contributed by atoms with Gasteiger partial charge in [-0.05, 0) is 69.1 Å². The van der Waals surface area contributed by atoms with Crippen LogP contribution in [0.25, 0.3) is 0 Å². The SMILES string of the molecule is CC(CCc1ccco1)NC(=O)c1ccc(CN2CCCCC2)cc1. The number of benzene rings is 1. The standard InChI is InChI=1S/C21H28N2O2/c1-17(7-12-20-6-5-15-25-20)22-21(24)19-10-8-18(9-11-19)16-23-13-3-2-4-14-23/h5-6,8-11,15,17H,2-4,7,12-14,16H2,1H3,(H,22,24). The molecule has 1 amide bonds. The molecule has 1 atom stereocenters. The minimum Gasteiger partial charge on any atom is -0.469 e. The Balaban J connectivity index is 1.46. The number of rotatable bonds is 7. The van der Waals surface area contributed by atoms with Crippen molar-refractivity contribution in [2.75, 3.05) is 13.1 Å². The number of hydrogen-bond acceptors (Lipinski definition) is 3. The average molecular weight is 340 g/mol. The lowest BCUT2D eigenvalue weighted by molar-refractivity contribution is 0.0938. The molecular formula is C21H28N2O2. The van der Waals surface area contributed by atoms with Crippen molar-refractivity contribution in [3.8, 4) is 0 Å². The molecule has 0 spiro atoms. The number of furan rings is 1. The summed E-state index contributed by atoms with van der Waals surface area (Å²) < 4.78 is 5.33. The van der Waals surface area contributed by atoms with Crippen molar-refractivity contribution in [1.29, 1.82) is 0 Å². The second-order valence-corrected chi connectivity index (χ2v) is 7.03. The quantitative estimate of drug-likeness (QED) is 0.828. The zero-order valence-electron chi connectivity index (χ0n) is 15.0. The second-order valence-electron chi connectivity index (χ2n) is 7.03. The van der Waals surface area contributed by atoms with E-state index in [1.54, 1.807) is 6.26 Å². The van der Waals surface area contributed by atoms with Crippen molar-refractivity contribution in [2.45, 2.75) is 51.6 Å². The van der Waals surface area contributed by atoms with E-state index in [-0.39, 0.29) is 11.9 Å². The van der Waals surface area contributed by atoms with Crippen LogP contribution in [0.2, 0.25) is 0 Å². The summed E-state index contributed by atoms with van der Waals surface area (Å²) in [6, 6.07) is 12.0. The maximum absolute atomic E-state index is 12.4. The van der Waals surface area contributed by atoms with Crippen molar-refractivity contribution in [3.63, 3.8) is 0 Å². The third kappa shape index (κ3) is 5.46. The van der Waals surface area contributed by atoms with E-state index in [9.17, 15) is 4.79 Å². The Morgan fingerprint density at radius 1 is 1.16 bits per heavy atom. The molecule has 0 radical (unpaired) electrons. The van der Waals surface area contributed by atoms with Crippen LogP contribution >= 0.6 is 0 Å². The maximum Gasteiger partial charge on any atom is 0.251 e. The van der Waals surface area contributed by atoms with Crippen LogP contribution in [-0.2, 0) is 13.0 Å². The van der Waals surface area contributed by atoms with Gasteiger partial charge in [0.15, 0.2) is 0 Å². The zero-order chi connectivity index (χ0) is 17.5. The summed E-state index contributed by atoms with van der Waals surface area (Å²) >= 11 is 0. The smallest absolute Gasteiger partial charge is 0.251 e. The number of carbonyl (C=O) groups is 1. The summed E-state index contributed by atoms with van der Waals surface area (Å²) in [5, 5.41) is 3.07. The molecule has 2 aromatic rings. The van der Waals surface area contributed by atoms with E-state index in [2.05, 4.69) is 22.3 Å². The lowest BCUT2D eigenvalue weighted by atomic mass is 10.1. The van der Waals surface area contributed by atoms with Gasteiger partial charge in [0.2, 0.25) is 0 Å². The highest BCUT2D eigenvalue weighted by Crippen LogP contribution is 2.14. The highest BCUT2D eigenvalue weighted by Gasteiger charge is 2.12. The number of piperidine rings is 1. The number of carbonyl (C=O) groups excluding carboxylic acids is 1. The molecule has 1 saturated heterocycles. The van der Waals surface area contributed by atoms with Crippen molar-refractivity contribution >= 4 is 5.91 Å². The number of hydrogen-bond donors (Lipinski definition) is 1. The summed E-state index contributed by atoms with van der Waals surface area (Å²) in [5.74, 6) is 0.958. The summed E-state index contributed by atoms with van der Waals surface area (Å²) in [6.45, 7) is 5.40. The Labute approximate surface area is 150 Å². The first-order valence-electron chi connectivity index (χ1n) is 9.35. The van der Waals surface area contributed by atoms with Gasteiger partial charge in [0.1, 0.15) is 5.76 Å². The third-order valence-corrected chi connectivity index (χ3v) is 4.85. The molecule has 0 saturated carbocycles. The molecule has 4 heteroatoms. The molecule has 3 rings (SSSR count). The normalized spacial score (nSPS) is 16.5. The van der Waals surface area contributed by atoms with Gasteiger partial charge in [-0.25, -0.2) is 0 Å². The Hall–Kier alpha value is -2.07. The van der Waals surface area contributed by atoms with Crippen LogP contribution in [0.1, 0.15) is 54.3 Å². The van der Waals surface area contributed by atoms with Crippen LogP contribution in [-0.4, -0.2) is 29.9 Å². The van der Waals surface area contributed by atoms with Crippen LogP contribution in [0.5, 0.6) is 0 Å². The Bertz CT molecular complexity index is 643. The van der Waals surface area contributed by atoms with Crippen LogP contribution in [0, 0.1) is 0 Å². The number of nitrogens with zero attached hydrogens (tertiary/aromatic N) is 1. The number of likely N-dealkylation sites (tertiary alicyclic amines) is 1. The molecule has 1 aliphatic rings. The molecule has 1 N–H and O–H groups in total. The number of aryl methyl sites for hydroxylation is 1. The molecule has 4 nitrogen and oxygen atoms in total. The van der Waals surface area contributed by atoms with Crippen LogP contribution in [0.15, 0.2) is 47.1 Å². The van der Waals surface area contributed by atoms with Crippen molar-refractivity contribution in [3.05, 3.63) is 59.5 Å². The van der Waals surface area contributed by atoms with Gasteiger partial charge in [-0.1, -0.05) is 18.6 Å². The molecule has 0 aliphatic carbocycles. The number of nitrogens with one attached hydrogen (secondary N) is 1. The van der Waals surface area contributed by atoms with E-state index in [0.29, 0.717) is 0 Å². The largest absolute Gasteiger partial charge is 0.469 e. The van der Waals surface area contributed by atoms with E-state index in [1.807, 2.05) is 31.2 Å². The summed E-state index contributed by atoms with van der Waals surface area (Å²) in [4.78, 5) is 14.9. The second kappa shape index (κ2) is 8.86. The van der Waals surface area contributed by atoms with Crippen LogP contribution in [0.4, 0.5) is 0 Å². The number of amides is 1. The lowest BCUT2D eigenvalue weighted by Crippen LogP contribution is -2.33. The van der Waals surface area contributed by atoms with Gasteiger partial charge in [0, 0.05) is 24.6 Å². The minimum absolute atomic E-state index is 0.00327. The van der Waals surface area contributed by atoms with Gasteiger partial charge < -0.3 is 9.73 Å². The molecule has 1 fully saturated rings. The first-order chi connectivity index (χ1) is 12.2. The molecule has 1 unspecified atom stereocenters. The first-order valence-corrected chi connectivity index (χ1v) is 9.35. The summed E-state index contributed by atoms with van der Waals surface area (Å²) in [7, 11) is 0. The predicted molar refractivity (Wildman–Crippen MR) is 99.5 cm³/mol. The summed E-state index contributed by atoms with van der Waals surface area (Å²) in [5.41, 5.74) is 2.01. The Kier molecular flexibility index (Phi) is 6.29. The van der Waals surface area contributed by atoms with Gasteiger partial charge in [-0.15, -0.1) is 0 Å². The van der Waals surface area contributed by atoms with Gasteiger partial charge in [-0.2, -0.15) is 0 Å². The van der Waals surface area contributed by atoms with Crippen LogP contribution < -0.4 is 5.32 Å². The zero-order valence-corrected chi connectivity index (χ0v) is 15.0. The third-order valence-electron chi connectivity index (χ3n) is 4.85. The van der Waals surface area contributed by atoms with E-state index < -0.39 is 0 Å². The topological polar surface area (TPSA) is 45.5 Å². The highest BCUT2D eigenvalue weighted by atomic mass is 16.3. The van der Waals surface area contributed by atoms with Crippen molar-refractivity contribution in [1.82, 2.24) is 10.2 Å². The van der Waals surface area contributed by atoms with Gasteiger partial charge >= 0.3 is 0 Å². The molecule has 2 heterocycles. The maximum atomic E-state index is 12.4. The molecular weight excluding hydrogens is 312 g/mol. The van der Waals surface area contributed by atoms with Gasteiger partial charge in [-0.3, -0.25) is 9.69 Å². The molecule has 1 aliphatic heterocycles. The van der Waals surface area contributed by atoms with Crippen molar-refractivity contribution < 1.29 is 9.21 Å². The van der Waals surface area contributed by atoms with Crippen LogP contribution in [0.3, 0.4) is 0 Å². The monoisotopic (exact) mass is 340 g/mol. The molecule has 1 aromatic carbocycles.